The van der Waals surface area contributed by atoms with Crippen LogP contribution in [0.1, 0.15) is 26.2 Å². The number of aliphatic hydroxyl groups excluding tert-OH is 1. The van der Waals surface area contributed by atoms with E-state index in [2.05, 4.69) is 21.6 Å². The third-order valence-corrected chi connectivity index (χ3v) is 4.39. The van der Waals surface area contributed by atoms with Crippen LogP contribution < -0.4 is 10.3 Å². The van der Waals surface area contributed by atoms with Gasteiger partial charge in [0.15, 0.2) is 11.6 Å². The molecule has 3 aromatic rings. The highest BCUT2D eigenvalue weighted by Crippen LogP contribution is 2.26. The molecular weight excluding hydrogens is 387 g/mol. The predicted octanol–water partition coefficient (Wildman–Crippen LogP) is 3.75. The second-order valence-electron chi connectivity index (χ2n) is 6.58. The molecule has 0 saturated carbocycles. The van der Waals surface area contributed by atoms with Gasteiger partial charge in [0, 0.05) is 12.7 Å². The smallest absolute Gasteiger partial charge is 0.421 e. The molecular formula is C20H20F3N3O3. The van der Waals surface area contributed by atoms with E-state index in [1.54, 1.807) is 16.8 Å². The van der Waals surface area contributed by atoms with Crippen LogP contribution in [-0.4, -0.2) is 32.4 Å². The molecule has 0 bridgehead atoms. The third-order valence-electron chi connectivity index (χ3n) is 4.39. The van der Waals surface area contributed by atoms with Crippen molar-refractivity contribution in [1.29, 1.82) is 0 Å². The van der Waals surface area contributed by atoms with Crippen LogP contribution in [-0.2, 0) is 6.54 Å². The number of aromatic nitrogens is 3. The molecule has 6 nitrogen and oxygen atoms in total. The molecule has 0 atom stereocenters. The second-order valence-corrected chi connectivity index (χ2v) is 6.58. The number of rotatable bonds is 8. The Hall–Kier alpha value is -2.94. The quantitative estimate of drug-likeness (QED) is 0.576. The third kappa shape index (κ3) is 4.73. The fraction of sp³-hybridized carbons (Fsp3) is 0.350. The first-order valence-corrected chi connectivity index (χ1v) is 9.17. The van der Waals surface area contributed by atoms with Crippen molar-refractivity contribution < 1.29 is 23.0 Å². The first-order chi connectivity index (χ1) is 13.8. The molecule has 0 radical (unpaired) electrons. The van der Waals surface area contributed by atoms with E-state index in [0.717, 1.165) is 37.7 Å². The van der Waals surface area contributed by atoms with Crippen molar-refractivity contribution in [2.45, 2.75) is 38.8 Å². The van der Waals surface area contributed by atoms with E-state index in [1.807, 2.05) is 0 Å². The Balaban J connectivity index is 1.91. The van der Waals surface area contributed by atoms with E-state index in [1.165, 1.54) is 6.07 Å². The number of hydrogen-bond donors (Lipinski definition) is 1. The van der Waals surface area contributed by atoms with Crippen LogP contribution in [0.4, 0.5) is 13.2 Å². The van der Waals surface area contributed by atoms with E-state index >= 15 is 0 Å². The molecule has 0 fully saturated rings. The molecule has 9 heteroatoms. The lowest BCUT2D eigenvalue weighted by molar-refractivity contribution is -0.201. The molecule has 0 amide bonds. The zero-order valence-electron chi connectivity index (χ0n) is 15.7. The largest absolute Gasteiger partial charge is 0.428 e. The van der Waals surface area contributed by atoms with E-state index in [0.29, 0.717) is 11.9 Å². The van der Waals surface area contributed by atoms with E-state index in [4.69, 9.17) is 5.11 Å². The Morgan fingerprint density at radius 1 is 1.21 bits per heavy atom. The summed E-state index contributed by atoms with van der Waals surface area (Å²) in [6, 6.07) is 4.29. The summed E-state index contributed by atoms with van der Waals surface area (Å²) < 4.78 is 46.6. The normalized spacial score (nSPS) is 11.8. The molecule has 154 valence electrons. The van der Waals surface area contributed by atoms with Gasteiger partial charge in [-0.1, -0.05) is 19.8 Å². The molecule has 1 N–H and O–H groups in total. The summed E-state index contributed by atoms with van der Waals surface area (Å²) in [6.45, 7) is 1.14. The zero-order valence-corrected chi connectivity index (χ0v) is 15.7. The molecule has 0 spiro atoms. The number of nitrogens with zero attached hydrogens (tertiary/aromatic N) is 3. The van der Waals surface area contributed by atoms with Crippen LogP contribution in [0.5, 0.6) is 5.75 Å². The van der Waals surface area contributed by atoms with Gasteiger partial charge in [0.25, 0.3) is 5.56 Å². The van der Waals surface area contributed by atoms with E-state index in [9.17, 15) is 18.0 Å². The van der Waals surface area contributed by atoms with E-state index < -0.39 is 18.5 Å². The number of pyridine rings is 1. The molecule has 3 rings (SSSR count). The summed E-state index contributed by atoms with van der Waals surface area (Å²) in [6.07, 6.45) is 2.70. The van der Waals surface area contributed by atoms with Gasteiger partial charge >= 0.3 is 6.11 Å². The fourth-order valence-corrected chi connectivity index (χ4v) is 2.90. The number of halogens is 3. The number of ether oxygens (including phenoxy) is 1. The van der Waals surface area contributed by atoms with Crippen LogP contribution in [0.2, 0.25) is 0 Å². The van der Waals surface area contributed by atoms with Gasteiger partial charge in [-0.25, -0.2) is 14.4 Å². The topological polar surface area (TPSA) is 77.2 Å². The van der Waals surface area contributed by atoms with Gasteiger partial charge in [0.2, 0.25) is 0 Å². The highest BCUT2D eigenvalue weighted by Gasteiger charge is 2.30. The predicted molar refractivity (Wildman–Crippen MR) is 101 cm³/mol. The lowest BCUT2D eigenvalue weighted by Crippen LogP contribution is -2.29. The van der Waals surface area contributed by atoms with Gasteiger partial charge in [0.05, 0.1) is 23.3 Å². The number of hydrogen-bond acceptors (Lipinski definition) is 5. The van der Waals surface area contributed by atoms with Crippen molar-refractivity contribution in [3.8, 4) is 17.1 Å². The van der Waals surface area contributed by atoms with Crippen molar-refractivity contribution in [3.63, 3.8) is 0 Å². The Kier molecular flexibility index (Phi) is 6.17. The maximum atomic E-state index is 14.6. The van der Waals surface area contributed by atoms with Crippen molar-refractivity contribution in [3.05, 3.63) is 53.0 Å². The SMILES string of the molecule is CCCCCn1ccc2cc(-c3ncc(OC(F)(F)CO)cn3)c(F)cc2c1=O. The summed E-state index contributed by atoms with van der Waals surface area (Å²) in [5, 5.41) is 9.30. The number of unbranched alkanes of at least 4 members (excludes halogenated alkanes) is 2. The van der Waals surface area contributed by atoms with Gasteiger partial charge in [-0.2, -0.15) is 8.78 Å². The standard InChI is InChI=1S/C20H20F3N3O3/c1-2-3-4-6-26-7-5-13-8-16(17(21)9-15(13)19(26)28)18-24-10-14(11-25-18)29-20(22,23)12-27/h5,7-11,27H,2-4,6,12H2,1H3. The van der Waals surface area contributed by atoms with Gasteiger partial charge in [-0.3, -0.25) is 4.79 Å². The summed E-state index contributed by atoms with van der Waals surface area (Å²) in [4.78, 5) is 20.3. The van der Waals surface area contributed by atoms with E-state index in [-0.39, 0.29) is 28.1 Å². The van der Waals surface area contributed by atoms with Gasteiger partial charge in [-0.05, 0) is 30.0 Å². The Morgan fingerprint density at radius 2 is 1.93 bits per heavy atom. The summed E-state index contributed by atoms with van der Waals surface area (Å²) >= 11 is 0. The number of alkyl halides is 2. The molecule has 29 heavy (non-hydrogen) atoms. The lowest BCUT2D eigenvalue weighted by atomic mass is 10.1. The molecule has 2 heterocycles. The van der Waals surface area contributed by atoms with Crippen LogP contribution in [0, 0.1) is 5.82 Å². The number of fused-ring (bicyclic) bond motifs is 1. The summed E-state index contributed by atoms with van der Waals surface area (Å²) in [5.41, 5.74) is -0.249. The van der Waals surface area contributed by atoms with Gasteiger partial charge in [0.1, 0.15) is 12.4 Å². The molecule has 1 aromatic carbocycles. The second kappa shape index (κ2) is 8.60. The Morgan fingerprint density at radius 3 is 2.59 bits per heavy atom. The fourth-order valence-electron chi connectivity index (χ4n) is 2.90. The zero-order chi connectivity index (χ0) is 21.0. The van der Waals surface area contributed by atoms with Crippen molar-refractivity contribution >= 4 is 10.8 Å². The first kappa shape index (κ1) is 20.8. The average Bonchev–Trinajstić information content (AvgIpc) is 2.70. The minimum Gasteiger partial charge on any atom is -0.428 e. The number of benzene rings is 1. The van der Waals surface area contributed by atoms with Crippen molar-refractivity contribution in [2.24, 2.45) is 0 Å². The molecule has 0 aliphatic rings. The minimum absolute atomic E-state index is 0.0288. The molecule has 0 unspecified atom stereocenters. The Bertz CT molecular complexity index is 1050. The van der Waals surface area contributed by atoms with Gasteiger partial charge in [-0.15, -0.1) is 0 Å². The van der Waals surface area contributed by atoms with Crippen LogP contribution in [0.15, 0.2) is 41.6 Å². The average molecular weight is 407 g/mol. The maximum Gasteiger partial charge on any atom is 0.421 e. The molecule has 2 aromatic heterocycles. The monoisotopic (exact) mass is 407 g/mol. The minimum atomic E-state index is -3.77. The molecule has 0 aliphatic heterocycles. The number of aliphatic hydroxyl groups is 1. The molecule has 0 aliphatic carbocycles. The van der Waals surface area contributed by atoms with Crippen molar-refractivity contribution in [2.75, 3.05) is 6.61 Å². The van der Waals surface area contributed by atoms with Crippen LogP contribution in [0.25, 0.3) is 22.2 Å². The van der Waals surface area contributed by atoms with Crippen LogP contribution >= 0.6 is 0 Å². The van der Waals surface area contributed by atoms with Crippen LogP contribution in [0.3, 0.4) is 0 Å². The highest BCUT2D eigenvalue weighted by molar-refractivity contribution is 5.85. The molecule has 0 saturated heterocycles. The number of aryl methyl sites for hydroxylation is 1. The summed E-state index contributed by atoms with van der Waals surface area (Å²) in [7, 11) is 0. The maximum absolute atomic E-state index is 14.6. The highest BCUT2D eigenvalue weighted by atomic mass is 19.3. The first-order valence-electron chi connectivity index (χ1n) is 9.17. The summed E-state index contributed by atoms with van der Waals surface area (Å²) in [5.74, 6) is -1.12. The van der Waals surface area contributed by atoms with Crippen molar-refractivity contribution in [1.82, 2.24) is 14.5 Å². The Labute approximate surface area is 164 Å². The lowest BCUT2D eigenvalue weighted by Gasteiger charge is -2.14. The van der Waals surface area contributed by atoms with Gasteiger partial charge < -0.3 is 14.4 Å².